The van der Waals surface area contributed by atoms with Crippen molar-refractivity contribution in [2.24, 2.45) is 58.2 Å². The lowest BCUT2D eigenvalue weighted by atomic mass is 9.43. The van der Waals surface area contributed by atoms with Crippen molar-refractivity contribution in [2.75, 3.05) is 5.75 Å². The van der Waals surface area contributed by atoms with Crippen LogP contribution in [0.1, 0.15) is 131 Å². The number of aliphatic hydroxyl groups is 6. The van der Waals surface area contributed by atoms with Crippen LogP contribution in [-0.4, -0.2) is 102 Å². The average molecular weight is 775 g/mol. The lowest BCUT2D eigenvalue weighted by molar-refractivity contribution is -0.243. The van der Waals surface area contributed by atoms with Crippen molar-refractivity contribution in [2.45, 2.75) is 191 Å². The molecule has 7 fully saturated rings. The van der Waals surface area contributed by atoms with Gasteiger partial charge in [-0.3, -0.25) is 4.79 Å². The van der Waals surface area contributed by atoms with E-state index in [0.717, 1.165) is 69.8 Å². The molecule has 1 aliphatic heterocycles. The van der Waals surface area contributed by atoms with E-state index >= 15 is 0 Å². The van der Waals surface area contributed by atoms with Gasteiger partial charge < -0.3 is 40.1 Å². The number of carbonyl (C=O) groups excluding carboxylic acids is 1. The molecule has 0 aromatic rings. The van der Waals surface area contributed by atoms with Crippen molar-refractivity contribution < 1.29 is 44.9 Å². The highest BCUT2D eigenvalue weighted by Crippen LogP contribution is 2.72. The van der Waals surface area contributed by atoms with Crippen LogP contribution in [0.15, 0.2) is 11.6 Å². The molecule has 7 unspecified atom stereocenters. The van der Waals surface area contributed by atoms with E-state index in [-0.39, 0.29) is 65.2 Å². The van der Waals surface area contributed by atoms with Crippen LogP contribution in [0.4, 0.5) is 0 Å². The summed E-state index contributed by atoms with van der Waals surface area (Å²) in [4.78, 5) is 12.3. The quantitative estimate of drug-likeness (QED) is 0.202. The Labute approximate surface area is 327 Å². The fourth-order valence-corrected chi connectivity index (χ4v) is 15.7. The fraction of sp³-hybridized carbons (Fsp3) is 0.932. The highest BCUT2D eigenvalue weighted by Gasteiger charge is 2.74. The maximum absolute atomic E-state index is 12.7. The summed E-state index contributed by atoms with van der Waals surface area (Å²) in [6, 6.07) is 0. The van der Waals surface area contributed by atoms with Gasteiger partial charge in [0.05, 0.1) is 60.0 Å². The number of ether oxygens (including phenoxy) is 2. The minimum atomic E-state index is -1.10. The normalized spacial score (nSPS) is 56.5. The molecule has 7 aliphatic carbocycles. The predicted molar refractivity (Wildman–Crippen MR) is 207 cm³/mol. The summed E-state index contributed by atoms with van der Waals surface area (Å²) in [6.07, 6.45) is 10.1. The standard InChI is InChI=1S/C44H70O9S/c1-23-12-30(45)19-31(13-23)52-40-25(3)15-32(20-36(40)47)53-39-24(2)14-27(17-35(39)46)26-8-11-43(50)28(16-26)6-7-34-33(43)9-10-41(4)42(5,29-18-38(49)54-22-29)37(48)21-44(34,41)51/h18,23-28,30-37,39-40,45-48,50-51H,6-17,19-22H2,1-5H3/t23-,24+,25+,26?,27?,28+,30-,31?,32?,33?,34+,35+,36+,37-,39?,40?,41-,42+,43-,44+/m1/s1. The topological polar surface area (TPSA) is 157 Å². The van der Waals surface area contributed by atoms with Crippen LogP contribution >= 0.6 is 11.8 Å². The molecule has 8 rings (SSSR count). The summed E-state index contributed by atoms with van der Waals surface area (Å²) in [7, 11) is 0. The van der Waals surface area contributed by atoms with Gasteiger partial charge in [-0.05, 0) is 142 Å². The second kappa shape index (κ2) is 14.6. The van der Waals surface area contributed by atoms with E-state index in [0.29, 0.717) is 55.6 Å². The maximum atomic E-state index is 12.7. The highest BCUT2D eigenvalue weighted by atomic mass is 32.2. The number of fused-ring (bicyclic) bond motifs is 5. The van der Waals surface area contributed by atoms with E-state index in [9.17, 15) is 35.4 Å². The predicted octanol–water partition coefficient (Wildman–Crippen LogP) is 5.55. The van der Waals surface area contributed by atoms with Gasteiger partial charge in [-0.25, -0.2) is 0 Å². The van der Waals surface area contributed by atoms with E-state index in [2.05, 4.69) is 34.6 Å². The van der Waals surface area contributed by atoms with Gasteiger partial charge in [0.15, 0.2) is 0 Å². The molecule has 0 saturated heterocycles. The van der Waals surface area contributed by atoms with Gasteiger partial charge in [0, 0.05) is 29.4 Å². The van der Waals surface area contributed by atoms with Gasteiger partial charge in [-0.15, -0.1) is 0 Å². The molecule has 10 heteroatoms. The smallest absolute Gasteiger partial charge is 0.212 e. The molecular formula is C44H70O9S. The minimum Gasteiger partial charge on any atom is -0.393 e. The molecule has 0 aromatic carbocycles. The molecule has 0 radical (unpaired) electrons. The zero-order valence-electron chi connectivity index (χ0n) is 33.4. The summed E-state index contributed by atoms with van der Waals surface area (Å²) in [5.74, 6) is 2.14. The third kappa shape index (κ3) is 6.45. The molecular weight excluding hydrogens is 705 g/mol. The number of rotatable bonds is 6. The third-order valence-corrected chi connectivity index (χ3v) is 18.7. The van der Waals surface area contributed by atoms with Crippen LogP contribution in [0.5, 0.6) is 0 Å². The molecule has 1 heterocycles. The Morgan fingerprint density at radius 3 is 2.06 bits per heavy atom. The summed E-state index contributed by atoms with van der Waals surface area (Å²) < 4.78 is 13.1. The SMILES string of the molecule is C[C@H]1CC(OC2[C@@H](C)CC(OC3[C@@H](C)CC(C4CC[C@]5(O)C6CC[C@]7(C)[C@@](C)(C8=CC(=O)SC8)[C@H](O)C[C@]7(O)[C@H]6CC[C@H]5C4)C[C@@H]3O)C[C@@H]2O)C[C@H](O)C1. The van der Waals surface area contributed by atoms with Gasteiger partial charge in [0.25, 0.3) is 0 Å². The Morgan fingerprint density at radius 1 is 0.722 bits per heavy atom. The zero-order chi connectivity index (χ0) is 38.5. The van der Waals surface area contributed by atoms with Crippen LogP contribution in [0.2, 0.25) is 0 Å². The van der Waals surface area contributed by atoms with Crippen molar-refractivity contribution in [1.29, 1.82) is 0 Å². The molecule has 0 spiro atoms. The Balaban J connectivity index is 0.874. The molecule has 7 saturated carbocycles. The molecule has 6 N–H and O–H groups in total. The van der Waals surface area contributed by atoms with Crippen LogP contribution in [-0.2, 0) is 14.3 Å². The van der Waals surface area contributed by atoms with Gasteiger partial charge in [-0.2, -0.15) is 0 Å². The zero-order valence-corrected chi connectivity index (χ0v) is 34.3. The van der Waals surface area contributed by atoms with Crippen molar-refractivity contribution in [1.82, 2.24) is 0 Å². The van der Waals surface area contributed by atoms with Crippen LogP contribution in [0.3, 0.4) is 0 Å². The Hall–Kier alpha value is -0.560. The first-order valence-electron chi connectivity index (χ1n) is 21.8. The molecule has 20 atom stereocenters. The first-order chi connectivity index (χ1) is 25.5. The molecule has 8 aliphatic rings. The van der Waals surface area contributed by atoms with E-state index in [4.69, 9.17) is 9.47 Å². The Bertz CT molecular complexity index is 1410. The Kier molecular flexibility index (Phi) is 10.9. The average Bonchev–Trinajstić information content (AvgIpc) is 3.60. The monoisotopic (exact) mass is 774 g/mol. The largest absolute Gasteiger partial charge is 0.393 e. The van der Waals surface area contributed by atoms with Crippen molar-refractivity contribution >= 4 is 16.9 Å². The second-order valence-electron chi connectivity index (χ2n) is 20.7. The molecule has 9 nitrogen and oxygen atoms in total. The lowest BCUT2D eigenvalue weighted by Gasteiger charge is -2.64. The van der Waals surface area contributed by atoms with E-state index in [1.807, 2.05) is 0 Å². The van der Waals surface area contributed by atoms with Crippen LogP contribution in [0.25, 0.3) is 0 Å². The number of carbonyl (C=O) groups is 1. The van der Waals surface area contributed by atoms with Crippen molar-refractivity contribution in [3.63, 3.8) is 0 Å². The van der Waals surface area contributed by atoms with Gasteiger partial charge in [0.1, 0.15) is 0 Å². The summed E-state index contributed by atoms with van der Waals surface area (Å²) in [5, 5.41) is 70.1. The highest BCUT2D eigenvalue weighted by molar-refractivity contribution is 8.14. The number of hydrogen-bond acceptors (Lipinski definition) is 10. The van der Waals surface area contributed by atoms with E-state index in [1.54, 1.807) is 6.08 Å². The summed E-state index contributed by atoms with van der Waals surface area (Å²) in [5.41, 5.74) is -2.23. The number of aliphatic hydroxyl groups excluding tert-OH is 4. The second-order valence-corrected chi connectivity index (χ2v) is 21.7. The fourth-order valence-electron chi connectivity index (χ4n) is 14.8. The molecule has 0 aromatic heterocycles. The first-order valence-corrected chi connectivity index (χ1v) is 22.8. The van der Waals surface area contributed by atoms with Gasteiger partial charge >= 0.3 is 0 Å². The number of thioether (sulfide) groups is 1. The maximum Gasteiger partial charge on any atom is 0.212 e. The third-order valence-electron chi connectivity index (χ3n) is 17.8. The van der Waals surface area contributed by atoms with E-state index in [1.165, 1.54) is 11.8 Å². The van der Waals surface area contributed by atoms with Crippen LogP contribution in [0, 0.1) is 58.2 Å². The summed E-state index contributed by atoms with van der Waals surface area (Å²) in [6.45, 7) is 10.7. The summed E-state index contributed by atoms with van der Waals surface area (Å²) >= 11 is 1.29. The lowest BCUT2D eigenvalue weighted by Crippen LogP contribution is -2.66. The number of hydrogen-bond donors (Lipinski definition) is 6. The first kappa shape index (κ1) is 40.2. The molecule has 0 bridgehead atoms. The van der Waals surface area contributed by atoms with Crippen LogP contribution < -0.4 is 0 Å². The van der Waals surface area contributed by atoms with Crippen molar-refractivity contribution in [3.8, 4) is 0 Å². The molecule has 0 amide bonds. The van der Waals surface area contributed by atoms with E-state index < -0.39 is 40.3 Å². The van der Waals surface area contributed by atoms with Gasteiger partial charge in [-0.1, -0.05) is 46.4 Å². The Morgan fingerprint density at radius 2 is 1.41 bits per heavy atom. The minimum absolute atomic E-state index is 0.0110. The van der Waals surface area contributed by atoms with Gasteiger partial charge in [0.2, 0.25) is 5.12 Å². The van der Waals surface area contributed by atoms with Crippen molar-refractivity contribution in [3.05, 3.63) is 11.6 Å². The molecule has 306 valence electrons. The molecule has 54 heavy (non-hydrogen) atoms.